The average molecular weight is 329 g/mol. The zero-order chi connectivity index (χ0) is 16.3. The average Bonchev–Trinajstić information content (AvgIpc) is 2.54. The molecule has 1 heterocycles. The Morgan fingerprint density at radius 2 is 2.00 bits per heavy atom. The Morgan fingerprint density at radius 3 is 2.55 bits per heavy atom. The molecule has 0 spiro atoms. The molecule has 2 rings (SSSR count). The zero-order valence-electron chi connectivity index (χ0n) is 12.5. The van der Waals surface area contributed by atoms with Gasteiger partial charge in [0.05, 0.1) is 18.1 Å². The first-order valence-electron chi connectivity index (χ1n) is 6.89. The van der Waals surface area contributed by atoms with E-state index in [4.69, 9.17) is 4.74 Å². The lowest BCUT2D eigenvalue weighted by molar-refractivity contribution is -0.385. The van der Waals surface area contributed by atoms with Crippen molar-refractivity contribution in [3.63, 3.8) is 0 Å². The van der Waals surface area contributed by atoms with E-state index in [0.29, 0.717) is 0 Å². The monoisotopic (exact) mass is 329 g/mol. The van der Waals surface area contributed by atoms with Crippen molar-refractivity contribution < 1.29 is 18.1 Å². The van der Waals surface area contributed by atoms with Gasteiger partial charge in [0, 0.05) is 19.2 Å². The molecule has 1 aromatic carbocycles. The summed E-state index contributed by atoms with van der Waals surface area (Å²) in [6.07, 6.45) is 1.45. The second kappa shape index (κ2) is 6.59. The van der Waals surface area contributed by atoms with Gasteiger partial charge in [-0.25, -0.2) is 8.42 Å². The molecular weight excluding hydrogens is 310 g/mol. The zero-order valence-corrected chi connectivity index (χ0v) is 13.3. The van der Waals surface area contributed by atoms with Gasteiger partial charge in [0.25, 0.3) is 5.69 Å². The lowest BCUT2D eigenvalue weighted by atomic mass is 10.1. The summed E-state index contributed by atoms with van der Waals surface area (Å²) in [7, 11) is -0.938. The molecule has 1 aliphatic heterocycles. The van der Waals surface area contributed by atoms with Crippen LogP contribution < -0.4 is 10.1 Å². The van der Waals surface area contributed by atoms with E-state index in [1.807, 2.05) is 0 Å². The Hall–Kier alpha value is -1.71. The number of nitro groups is 1. The molecule has 0 amide bonds. The molecular formula is C13H19N3O5S. The number of nitro benzene ring substituents is 1. The van der Waals surface area contributed by atoms with Gasteiger partial charge in [0.2, 0.25) is 10.0 Å². The maximum absolute atomic E-state index is 12.7. The summed E-state index contributed by atoms with van der Waals surface area (Å²) in [5, 5.41) is 14.0. The number of nitrogens with zero attached hydrogens (tertiary/aromatic N) is 2. The van der Waals surface area contributed by atoms with E-state index in [1.54, 1.807) is 0 Å². The molecule has 0 saturated carbocycles. The van der Waals surface area contributed by atoms with E-state index in [1.165, 1.54) is 30.6 Å². The van der Waals surface area contributed by atoms with Crippen LogP contribution in [0.3, 0.4) is 0 Å². The number of benzene rings is 1. The first kappa shape index (κ1) is 16.7. The van der Waals surface area contributed by atoms with Gasteiger partial charge in [0.1, 0.15) is 10.6 Å². The molecule has 0 bridgehead atoms. The van der Waals surface area contributed by atoms with E-state index in [-0.39, 0.29) is 22.4 Å². The number of piperidine rings is 1. The third kappa shape index (κ3) is 3.21. The number of methoxy groups -OCH3 is 1. The van der Waals surface area contributed by atoms with Crippen LogP contribution in [0.25, 0.3) is 0 Å². The first-order valence-corrected chi connectivity index (χ1v) is 8.33. The molecule has 0 aromatic heterocycles. The van der Waals surface area contributed by atoms with Gasteiger partial charge in [-0.3, -0.25) is 10.1 Å². The number of rotatable bonds is 5. The minimum absolute atomic E-state index is 0.0185. The van der Waals surface area contributed by atoms with Crippen LogP contribution in [-0.2, 0) is 10.0 Å². The Morgan fingerprint density at radius 1 is 1.36 bits per heavy atom. The summed E-state index contributed by atoms with van der Waals surface area (Å²) in [5.74, 6) is -0.0185. The number of hydrogen-bond donors (Lipinski definition) is 1. The van der Waals surface area contributed by atoms with Crippen LogP contribution >= 0.6 is 0 Å². The van der Waals surface area contributed by atoms with Crippen molar-refractivity contribution in [2.45, 2.75) is 23.8 Å². The highest BCUT2D eigenvalue weighted by molar-refractivity contribution is 7.89. The van der Waals surface area contributed by atoms with Crippen LogP contribution in [0, 0.1) is 10.1 Å². The number of non-ortho nitro benzene ring substituents is 1. The maximum atomic E-state index is 12.7. The molecule has 1 aliphatic rings. The molecule has 8 nitrogen and oxygen atoms in total. The summed E-state index contributed by atoms with van der Waals surface area (Å²) < 4.78 is 31.9. The van der Waals surface area contributed by atoms with E-state index in [9.17, 15) is 18.5 Å². The van der Waals surface area contributed by atoms with Gasteiger partial charge in [-0.2, -0.15) is 4.31 Å². The molecule has 1 N–H and O–H groups in total. The van der Waals surface area contributed by atoms with E-state index >= 15 is 0 Å². The van der Waals surface area contributed by atoms with Crippen molar-refractivity contribution in [1.82, 2.24) is 9.62 Å². The molecule has 0 aliphatic carbocycles. The Balaban J connectivity index is 2.37. The second-order valence-electron chi connectivity index (χ2n) is 5.09. The summed E-state index contributed by atoms with van der Waals surface area (Å²) in [5.41, 5.74) is -0.208. The van der Waals surface area contributed by atoms with Gasteiger partial charge in [0.15, 0.2) is 0 Å². The Labute approximate surface area is 129 Å². The van der Waals surface area contributed by atoms with Crippen molar-refractivity contribution in [2.75, 3.05) is 27.2 Å². The summed E-state index contributed by atoms with van der Waals surface area (Å²) in [4.78, 5) is 10.2. The summed E-state index contributed by atoms with van der Waals surface area (Å²) in [6.45, 7) is 1.53. The van der Waals surface area contributed by atoms with Crippen LogP contribution in [0.5, 0.6) is 5.75 Å². The molecule has 0 unspecified atom stereocenters. The normalized spacial score (nSPS) is 16.7. The molecule has 9 heteroatoms. The smallest absolute Gasteiger partial charge is 0.273 e. The Kier molecular flexibility index (Phi) is 4.99. The SMILES string of the molecule is COc1cc([N+](=O)[O-])ccc1S(=O)(=O)N(C)C1CCNCC1. The third-order valence-corrected chi connectivity index (χ3v) is 5.79. The molecule has 22 heavy (non-hydrogen) atoms. The van der Waals surface area contributed by atoms with Gasteiger partial charge < -0.3 is 10.1 Å². The van der Waals surface area contributed by atoms with Crippen LogP contribution in [0.4, 0.5) is 5.69 Å². The fourth-order valence-corrected chi connectivity index (χ4v) is 4.05. The molecule has 1 aromatic rings. The van der Waals surface area contributed by atoms with E-state index in [2.05, 4.69) is 5.32 Å². The Bertz CT molecular complexity index is 656. The van der Waals surface area contributed by atoms with Gasteiger partial charge in [-0.1, -0.05) is 0 Å². The highest BCUT2D eigenvalue weighted by Crippen LogP contribution is 2.31. The van der Waals surface area contributed by atoms with Crippen molar-refractivity contribution in [1.29, 1.82) is 0 Å². The number of nitrogens with one attached hydrogen (secondary N) is 1. The lowest BCUT2D eigenvalue weighted by Crippen LogP contribution is -2.43. The third-order valence-electron chi connectivity index (χ3n) is 3.84. The predicted molar refractivity (Wildman–Crippen MR) is 80.5 cm³/mol. The van der Waals surface area contributed by atoms with Crippen LogP contribution in [0.15, 0.2) is 23.1 Å². The topological polar surface area (TPSA) is 102 Å². The van der Waals surface area contributed by atoms with Crippen molar-refractivity contribution in [2.24, 2.45) is 0 Å². The molecule has 1 saturated heterocycles. The molecule has 0 atom stereocenters. The summed E-state index contributed by atoms with van der Waals surface area (Å²) in [6, 6.07) is 3.43. The fraction of sp³-hybridized carbons (Fsp3) is 0.538. The molecule has 1 fully saturated rings. The summed E-state index contributed by atoms with van der Waals surface area (Å²) >= 11 is 0. The van der Waals surface area contributed by atoms with Gasteiger partial charge in [-0.05, 0) is 32.0 Å². The van der Waals surface area contributed by atoms with Crippen molar-refractivity contribution >= 4 is 15.7 Å². The standard InChI is InChI=1S/C13H19N3O5S/c1-15(10-5-7-14-8-6-10)22(19,20)13-4-3-11(16(17)18)9-12(13)21-2/h3-4,9-10,14H,5-8H2,1-2H3. The van der Waals surface area contributed by atoms with Crippen molar-refractivity contribution in [3.8, 4) is 5.75 Å². The second-order valence-corrected chi connectivity index (χ2v) is 7.06. The van der Waals surface area contributed by atoms with E-state index in [0.717, 1.165) is 32.0 Å². The van der Waals surface area contributed by atoms with Crippen LogP contribution in [0.1, 0.15) is 12.8 Å². The lowest BCUT2D eigenvalue weighted by Gasteiger charge is -2.31. The minimum atomic E-state index is -3.77. The maximum Gasteiger partial charge on any atom is 0.273 e. The van der Waals surface area contributed by atoms with Crippen LogP contribution in [0.2, 0.25) is 0 Å². The van der Waals surface area contributed by atoms with Gasteiger partial charge in [-0.15, -0.1) is 0 Å². The molecule has 0 radical (unpaired) electrons. The van der Waals surface area contributed by atoms with Crippen LogP contribution in [-0.4, -0.2) is 50.9 Å². The highest BCUT2D eigenvalue weighted by atomic mass is 32.2. The quantitative estimate of drug-likeness (QED) is 0.638. The van der Waals surface area contributed by atoms with Crippen molar-refractivity contribution in [3.05, 3.63) is 28.3 Å². The highest BCUT2D eigenvalue weighted by Gasteiger charge is 2.31. The molecule has 122 valence electrons. The first-order chi connectivity index (χ1) is 10.4. The minimum Gasteiger partial charge on any atom is -0.495 e. The number of hydrogen-bond acceptors (Lipinski definition) is 6. The van der Waals surface area contributed by atoms with E-state index < -0.39 is 14.9 Å². The largest absolute Gasteiger partial charge is 0.495 e. The predicted octanol–water partition coefficient (Wildman–Crippen LogP) is 0.976. The number of ether oxygens (including phenoxy) is 1. The number of sulfonamides is 1. The van der Waals surface area contributed by atoms with Gasteiger partial charge >= 0.3 is 0 Å². The fourth-order valence-electron chi connectivity index (χ4n) is 2.50.